The van der Waals surface area contributed by atoms with E-state index in [1.54, 1.807) is 28.9 Å². The van der Waals surface area contributed by atoms with Crippen molar-refractivity contribution in [3.8, 4) is 23.1 Å². The number of hydrogen-bond acceptors (Lipinski definition) is 6. The summed E-state index contributed by atoms with van der Waals surface area (Å²) in [4.78, 5) is 4.08. The Labute approximate surface area is 171 Å². The van der Waals surface area contributed by atoms with Crippen molar-refractivity contribution in [1.82, 2.24) is 14.6 Å². The molecule has 0 bridgehead atoms. The molecule has 0 spiro atoms. The van der Waals surface area contributed by atoms with E-state index in [-0.39, 0.29) is 16.5 Å². The molecule has 4 rings (SSSR count). The van der Waals surface area contributed by atoms with Gasteiger partial charge >= 0.3 is 0 Å². The summed E-state index contributed by atoms with van der Waals surface area (Å²) in [5.41, 5.74) is 2.44. The highest BCUT2D eigenvalue weighted by atomic mass is 32.2. The van der Waals surface area contributed by atoms with Crippen LogP contribution in [0.15, 0.2) is 66.0 Å². The topological polar surface area (TPSA) is 109 Å². The van der Waals surface area contributed by atoms with Gasteiger partial charge in [0.2, 0.25) is 5.88 Å². The average Bonchev–Trinajstić information content (AvgIpc) is 3.16. The second-order valence-electron chi connectivity index (χ2n) is 6.26. The number of fused-ring (bicyclic) bond motifs is 1. The Morgan fingerprint density at radius 3 is 2.60 bits per heavy atom. The third-order valence-electron chi connectivity index (χ3n) is 4.39. The Kier molecular flexibility index (Phi) is 4.81. The van der Waals surface area contributed by atoms with Gasteiger partial charge in [0.05, 0.1) is 29.3 Å². The first-order valence-corrected chi connectivity index (χ1v) is 10.1. The van der Waals surface area contributed by atoms with Crippen molar-refractivity contribution in [2.24, 2.45) is 0 Å². The first-order chi connectivity index (χ1) is 14.4. The second kappa shape index (κ2) is 7.46. The number of methoxy groups -OCH3 is 1. The maximum Gasteiger partial charge on any atom is 0.262 e. The smallest absolute Gasteiger partial charge is 0.262 e. The van der Waals surface area contributed by atoms with Gasteiger partial charge in [0.25, 0.3) is 10.0 Å². The maximum atomic E-state index is 13.1. The Hall–Kier alpha value is -3.97. The summed E-state index contributed by atoms with van der Waals surface area (Å²) in [6.07, 6.45) is 4.69. The number of benzene rings is 1. The van der Waals surface area contributed by atoms with Gasteiger partial charge < -0.3 is 4.74 Å². The molecule has 150 valence electrons. The van der Waals surface area contributed by atoms with Crippen LogP contribution in [0.25, 0.3) is 16.6 Å². The summed E-state index contributed by atoms with van der Waals surface area (Å²) >= 11 is 0. The fraction of sp³-hybridized carbons (Fsp3) is 0.0500. The van der Waals surface area contributed by atoms with Crippen molar-refractivity contribution in [3.63, 3.8) is 0 Å². The highest BCUT2D eigenvalue weighted by Crippen LogP contribution is 2.31. The van der Waals surface area contributed by atoms with E-state index in [1.165, 1.54) is 31.6 Å². The van der Waals surface area contributed by atoms with Gasteiger partial charge in [0, 0.05) is 18.0 Å². The average molecular weight is 423 g/mol. The molecular weight excluding hydrogens is 409 g/mol. The molecule has 0 aliphatic carbocycles. The zero-order valence-electron chi connectivity index (χ0n) is 15.6. The Morgan fingerprint density at radius 2 is 1.90 bits per heavy atom. The number of rotatable bonds is 5. The molecule has 0 amide bonds. The van der Waals surface area contributed by atoms with Crippen LogP contribution in [0.3, 0.4) is 0 Å². The van der Waals surface area contributed by atoms with Crippen LogP contribution < -0.4 is 9.46 Å². The van der Waals surface area contributed by atoms with Crippen LogP contribution in [0.4, 0.5) is 10.1 Å². The number of halogens is 1. The second-order valence-corrected chi connectivity index (χ2v) is 7.94. The number of nitrogens with zero attached hydrogens (tertiary/aromatic N) is 4. The van der Waals surface area contributed by atoms with Crippen LogP contribution in [0.5, 0.6) is 5.88 Å². The predicted octanol–water partition coefficient (Wildman–Crippen LogP) is 3.22. The minimum Gasteiger partial charge on any atom is -0.480 e. The first-order valence-electron chi connectivity index (χ1n) is 8.61. The molecule has 1 aromatic carbocycles. The van der Waals surface area contributed by atoms with Crippen LogP contribution in [0.1, 0.15) is 5.56 Å². The number of anilines is 1. The van der Waals surface area contributed by atoms with Gasteiger partial charge in [-0.25, -0.2) is 22.3 Å². The van der Waals surface area contributed by atoms with E-state index in [4.69, 9.17) is 4.74 Å². The number of ether oxygens (including phenoxy) is 1. The molecule has 0 fully saturated rings. The van der Waals surface area contributed by atoms with E-state index in [0.29, 0.717) is 22.2 Å². The molecule has 3 aromatic heterocycles. The summed E-state index contributed by atoms with van der Waals surface area (Å²) in [5.74, 6) is -0.463. The Morgan fingerprint density at radius 1 is 1.13 bits per heavy atom. The van der Waals surface area contributed by atoms with Crippen molar-refractivity contribution >= 4 is 21.2 Å². The zero-order chi connectivity index (χ0) is 21.3. The summed E-state index contributed by atoms with van der Waals surface area (Å²) < 4.78 is 47.7. The van der Waals surface area contributed by atoms with Crippen LogP contribution in [-0.4, -0.2) is 30.1 Å². The highest BCUT2D eigenvalue weighted by Gasteiger charge is 2.18. The van der Waals surface area contributed by atoms with Crippen molar-refractivity contribution in [1.29, 1.82) is 5.26 Å². The van der Waals surface area contributed by atoms with Gasteiger partial charge in [0.15, 0.2) is 0 Å². The van der Waals surface area contributed by atoms with Gasteiger partial charge in [0.1, 0.15) is 17.6 Å². The monoisotopic (exact) mass is 423 g/mol. The third kappa shape index (κ3) is 3.54. The van der Waals surface area contributed by atoms with Crippen LogP contribution in [0.2, 0.25) is 0 Å². The first kappa shape index (κ1) is 19.4. The van der Waals surface area contributed by atoms with E-state index in [0.717, 1.165) is 12.1 Å². The molecule has 3 heterocycles. The van der Waals surface area contributed by atoms with Crippen molar-refractivity contribution in [3.05, 3.63) is 72.4 Å². The quantitative estimate of drug-likeness (QED) is 0.528. The standard InChI is InChI=1S/C20H14FN5O3S/c1-29-20-18(25-30(27,28)17-4-2-16(21)3-5-17)8-14(11-23-20)13-6-7-26-19(9-13)15(10-22)12-24-26/h2-9,11-12,25H,1H3. The summed E-state index contributed by atoms with van der Waals surface area (Å²) in [5, 5.41) is 13.3. The lowest BCUT2D eigenvalue weighted by Crippen LogP contribution is -2.14. The molecule has 0 radical (unpaired) electrons. The summed E-state index contributed by atoms with van der Waals surface area (Å²) in [6.45, 7) is 0. The third-order valence-corrected chi connectivity index (χ3v) is 5.77. The fourth-order valence-corrected chi connectivity index (χ4v) is 3.96. The van der Waals surface area contributed by atoms with Crippen LogP contribution in [-0.2, 0) is 10.0 Å². The van der Waals surface area contributed by atoms with Gasteiger partial charge in [-0.2, -0.15) is 10.4 Å². The molecule has 10 heteroatoms. The minimum absolute atomic E-state index is 0.0765. The molecule has 30 heavy (non-hydrogen) atoms. The van der Waals surface area contributed by atoms with Gasteiger partial charge in [-0.3, -0.25) is 4.72 Å². The molecule has 1 N–H and O–H groups in total. The molecule has 0 atom stereocenters. The van der Waals surface area contributed by atoms with Crippen molar-refractivity contribution < 1.29 is 17.5 Å². The lowest BCUT2D eigenvalue weighted by Gasteiger charge is -2.13. The number of sulfonamides is 1. The van der Waals surface area contributed by atoms with E-state index < -0.39 is 15.8 Å². The van der Waals surface area contributed by atoms with Crippen LogP contribution in [0, 0.1) is 17.1 Å². The van der Waals surface area contributed by atoms with E-state index in [2.05, 4.69) is 20.9 Å². The molecule has 0 saturated carbocycles. The number of aromatic nitrogens is 3. The minimum atomic E-state index is -3.99. The number of nitrogens with one attached hydrogen (secondary N) is 1. The maximum absolute atomic E-state index is 13.1. The number of pyridine rings is 2. The van der Waals surface area contributed by atoms with Crippen molar-refractivity contribution in [2.45, 2.75) is 4.90 Å². The largest absolute Gasteiger partial charge is 0.480 e. The number of nitriles is 1. The molecule has 8 nitrogen and oxygen atoms in total. The summed E-state index contributed by atoms with van der Waals surface area (Å²) in [6, 6.07) is 11.6. The van der Waals surface area contributed by atoms with E-state index in [1.807, 2.05) is 0 Å². The number of hydrogen-bond donors (Lipinski definition) is 1. The van der Waals surface area contributed by atoms with E-state index in [9.17, 15) is 18.1 Å². The highest BCUT2D eigenvalue weighted by molar-refractivity contribution is 7.92. The van der Waals surface area contributed by atoms with Crippen LogP contribution >= 0.6 is 0 Å². The van der Waals surface area contributed by atoms with Gasteiger partial charge in [-0.1, -0.05) is 0 Å². The lowest BCUT2D eigenvalue weighted by atomic mass is 10.1. The predicted molar refractivity (Wildman–Crippen MR) is 107 cm³/mol. The van der Waals surface area contributed by atoms with Crippen molar-refractivity contribution in [2.75, 3.05) is 11.8 Å². The molecule has 0 aliphatic heterocycles. The molecular formula is C20H14FN5O3S. The van der Waals surface area contributed by atoms with E-state index >= 15 is 0 Å². The molecule has 0 saturated heterocycles. The Bertz CT molecular complexity index is 1390. The van der Waals surface area contributed by atoms with Gasteiger partial charge in [-0.05, 0) is 48.0 Å². The lowest BCUT2D eigenvalue weighted by molar-refractivity contribution is 0.400. The molecule has 4 aromatic rings. The normalized spacial score (nSPS) is 11.2. The summed E-state index contributed by atoms with van der Waals surface area (Å²) in [7, 11) is -2.62. The SMILES string of the molecule is COc1ncc(-c2ccn3ncc(C#N)c3c2)cc1NS(=O)(=O)c1ccc(F)cc1. The zero-order valence-corrected chi connectivity index (χ0v) is 16.4. The molecule has 0 aliphatic rings. The van der Waals surface area contributed by atoms with Gasteiger partial charge in [-0.15, -0.1) is 0 Å². The fourth-order valence-electron chi connectivity index (χ4n) is 2.91. The Balaban J connectivity index is 1.76. The molecule has 0 unspecified atom stereocenters.